The number of rotatable bonds is 5. The molecule has 0 saturated carbocycles. The second-order valence-electron chi connectivity index (χ2n) is 5.76. The van der Waals surface area contributed by atoms with E-state index in [1.807, 2.05) is 11.3 Å². The molecule has 0 spiro atoms. The van der Waals surface area contributed by atoms with Gasteiger partial charge in [0, 0.05) is 35.3 Å². The van der Waals surface area contributed by atoms with Crippen molar-refractivity contribution in [1.82, 2.24) is 4.90 Å². The smallest absolute Gasteiger partial charge is 0.0594 e. The summed E-state index contributed by atoms with van der Waals surface area (Å²) in [5.41, 5.74) is 7.69. The largest absolute Gasteiger partial charge is 0.379 e. The number of nitrogens with two attached hydrogens (primary N) is 1. The summed E-state index contributed by atoms with van der Waals surface area (Å²) >= 11 is 1.92. The third-order valence-corrected chi connectivity index (χ3v) is 5.47. The Morgan fingerprint density at radius 3 is 2.81 bits per heavy atom. The molecule has 4 heteroatoms. The molecular formula is C17H24N2OS. The van der Waals surface area contributed by atoms with Gasteiger partial charge in [-0.1, -0.05) is 25.1 Å². The van der Waals surface area contributed by atoms with Crippen LogP contribution in [0.3, 0.4) is 0 Å². The topological polar surface area (TPSA) is 38.5 Å². The molecule has 1 aliphatic rings. The molecule has 0 radical (unpaired) electrons. The first kappa shape index (κ1) is 15.0. The zero-order chi connectivity index (χ0) is 14.7. The van der Waals surface area contributed by atoms with Gasteiger partial charge in [0.25, 0.3) is 0 Å². The van der Waals surface area contributed by atoms with Crippen molar-refractivity contribution in [2.75, 3.05) is 26.3 Å². The van der Waals surface area contributed by atoms with E-state index in [0.29, 0.717) is 0 Å². The number of ether oxygens (including phenoxy) is 1. The highest BCUT2D eigenvalue weighted by atomic mass is 32.1. The first-order valence-electron chi connectivity index (χ1n) is 7.83. The summed E-state index contributed by atoms with van der Waals surface area (Å²) in [6.45, 7) is 6.96. The number of hydrogen-bond acceptors (Lipinski definition) is 4. The number of morpholine rings is 1. The van der Waals surface area contributed by atoms with Crippen LogP contribution in [0.2, 0.25) is 0 Å². The highest BCUT2D eigenvalue weighted by Crippen LogP contribution is 2.33. The fourth-order valence-electron chi connectivity index (χ4n) is 2.85. The number of fused-ring (bicyclic) bond motifs is 1. The first-order chi connectivity index (χ1) is 10.3. The van der Waals surface area contributed by atoms with Gasteiger partial charge in [0.1, 0.15) is 0 Å². The van der Waals surface area contributed by atoms with Gasteiger partial charge < -0.3 is 10.5 Å². The standard InChI is InChI=1S/C17H24N2OS/c1-2-13(18)11-17-15(12-19-7-9-20-10-8-19)14-5-3-4-6-16(14)21-17/h3-6,13H,2,7-12,18H2,1H3. The Hall–Kier alpha value is -0.940. The Morgan fingerprint density at radius 1 is 1.29 bits per heavy atom. The maximum absolute atomic E-state index is 6.20. The molecule has 1 atom stereocenters. The van der Waals surface area contributed by atoms with Crippen LogP contribution in [0, 0.1) is 0 Å². The summed E-state index contributed by atoms with van der Waals surface area (Å²) in [4.78, 5) is 3.97. The van der Waals surface area contributed by atoms with Crippen LogP contribution in [0.4, 0.5) is 0 Å². The van der Waals surface area contributed by atoms with Crippen LogP contribution in [0.5, 0.6) is 0 Å². The van der Waals surface area contributed by atoms with E-state index in [4.69, 9.17) is 10.5 Å². The normalized spacial score (nSPS) is 18.2. The monoisotopic (exact) mass is 304 g/mol. The average molecular weight is 304 g/mol. The van der Waals surface area contributed by atoms with Gasteiger partial charge in [-0.25, -0.2) is 0 Å². The van der Waals surface area contributed by atoms with Crippen LogP contribution < -0.4 is 5.73 Å². The molecule has 1 fully saturated rings. The van der Waals surface area contributed by atoms with Crippen molar-refractivity contribution in [2.45, 2.75) is 32.4 Å². The summed E-state index contributed by atoms with van der Waals surface area (Å²) in [5.74, 6) is 0. The van der Waals surface area contributed by atoms with Crippen molar-refractivity contribution in [1.29, 1.82) is 0 Å². The van der Waals surface area contributed by atoms with Crippen LogP contribution >= 0.6 is 11.3 Å². The van der Waals surface area contributed by atoms with Gasteiger partial charge in [-0.15, -0.1) is 11.3 Å². The molecule has 0 amide bonds. The van der Waals surface area contributed by atoms with E-state index in [1.165, 1.54) is 20.5 Å². The Balaban J connectivity index is 1.90. The number of thiophene rings is 1. The Kier molecular flexibility index (Phi) is 4.91. The van der Waals surface area contributed by atoms with Crippen molar-refractivity contribution in [3.05, 3.63) is 34.7 Å². The maximum atomic E-state index is 6.20. The number of nitrogens with zero attached hydrogens (tertiary/aromatic N) is 1. The maximum Gasteiger partial charge on any atom is 0.0594 e. The van der Waals surface area contributed by atoms with Crippen molar-refractivity contribution in [3.63, 3.8) is 0 Å². The lowest BCUT2D eigenvalue weighted by atomic mass is 10.0. The van der Waals surface area contributed by atoms with E-state index in [2.05, 4.69) is 36.1 Å². The fraction of sp³-hybridized carbons (Fsp3) is 0.529. The van der Waals surface area contributed by atoms with Crippen molar-refractivity contribution in [2.24, 2.45) is 5.73 Å². The van der Waals surface area contributed by atoms with Crippen LogP contribution in [0.25, 0.3) is 10.1 Å². The fourth-order valence-corrected chi connectivity index (χ4v) is 4.16. The lowest BCUT2D eigenvalue weighted by Crippen LogP contribution is -2.36. The van der Waals surface area contributed by atoms with E-state index in [9.17, 15) is 0 Å². The number of benzene rings is 1. The minimum atomic E-state index is 0.265. The molecule has 1 aromatic carbocycles. The van der Waals surface area contributed by atoms with E-state index in [1.54, 1.807) is 0 Å². The van der Waals surface area contributed by atoms with Gasteiger partial charge in [-0.3, -0.25) is 4.90 Å². The van der Waals surface area contributed by atoms with Crippen molar-refractivity contribution in [3.8, 4) is 0 Å². The predicted octanol–water partition coefficient (Wildman–Crippen LogP) is 3.01. The third-order valence-electron chi connectivity index (χ3n) is 4.24. The van der Waals surface area contributed by atoms with Crippen molar-refractivity contribution < 1.29 is 4.74 Å². The quantitative estimate of drug-likeness (QED) is 0.923. The second kappa shape index (κ2) is 6.88. The predicted molar refractivity (Wildman–Crippen MR) is 89.9 cm³/mol. The molecule has 1 unspecified atom stereocenters. The van der Waals surface area contributed by atoms with E-state index < -0.39 is 0 Å². The average Bonchev–Trinajstić information content (AvgIpc) is 2.86. The van der Waals surface area contributed by atoms with Gasteiger partial charge in [0.2, 0.25) is 0 Å². The number of hydrogen-bond donors (Lipinski definition) is 1. The Labute approximate surface area is 130 Å². The molecule has 2 N–H and O–H groups in total. The summed E-state index contributed by atoms with van der Waals surface area (Å²) in [6.07, 6.45) is 2.03. The summed E-state index contributed by atoms with van der Waals surface area (Å²) in [7, 11) is 0. The van der Waals surface area contributed by atoms with E-state index >= 15 is 0 Å². The molecule has 114 valence electrons. The molecule has 2 aromatic rings. The van der Waals surface area contributed by atoms with E-state index in [-0.39, 0.29) is 6.04 Å². The molecule has 3 nitrogen and oxygen atoms in total. The summed E-state index contributed by atoms with van der Waals surface area (Å²) in [6, 6.07) is 9.01. The zero-order valence-electron chi connectivity index (χ0n) is 12.7. The lowest BCUT2D eigenvalue weighted by Gasteiger charge is -2.27. The highest BCUT2D eigenvalue weighted by molar-refractivity contribution is 7.19. The minimum absolute atomic E-state index is 0.265. The molecule has 1 aromatic heterocycles. The van der Waals surface area contributed by atoms with Crippen LogP contribution in [-0.4, -0.2) is 37.2 Å². The molecule has 3 rings (SSSR count). The van der Waals surface area contributed by atoms with Gasteiger partial charge in [0.15, 0.2) is 0 Å². The lowest BCUT2D eigenvalue weighted by molar-refractivity contribution is 0.0343. The molecule has 1 aliphatic heterocycles. The zero-order valence-corrected chi connectivity index (χ0v) is 13.5. The Morgan fingerprint density at radius 2 is 2.05 bits per heavy atom. The highest BCUT2D eigenvalue weighted by Gasteiger charge is 2.18. The molecule has 0 aliphatic carbocycles. The van der Waals surface area contributed by atoms with Gasteiger partial charge >= 0.3 is 0 Å². The van der Waals surface area contributed by atoms with Crippen LogP contribution in [0.1, 0.15) is 23.8 Å². The first-order valence-corrected chi connectivity index (χ1v) is 8.64. The van der Waals surface area contributed by atoms with Crippen LogP contribution in [0.15, 0.2) is 24.3 Å². The molecule has 1 saturated heterocycles. The van der Waals surface area contributed by atoms with Gasteiger partial charge in [0.05, 0.1) is 13.2 Å². The SMILES string of the molecule is CCC(N)Cc1sc2ccccc2c1CN1CCOCC1. The van der Waals surface area contributed by atoms with Crippen molar-refractivity contribution >= 4 is 21.4 Å². The van der Waals surface area contributed by atoms with Crippen LogP contribution in [-0.2, 0) is 17.7 Å². The Bertz CT molecular complexity index is 589. The molecular weight excluding hydrogens is 280 g/mol. The molecule has 21 heavy (non-hydrogen) atoms. The summed E-state index contributed by atoms with van der Waals surface area (Å²) < 4.78 is 6.85. The minimum Gasteiger partial charge on any atom is -0.379 e. The molecule has 2 heterocycles. The van der Waals surface area contributed by atoms with Gasteiger partial charge in [-0.05, 0) is 29.9 Å². The summed E-state index contributed by atoms with van der Waals surface area (Å²) in [5, 5.41) is 1.41. The van der Waals surface area contributed by atoms with Gasteiger partial charge in [-0.2, -0.15) is 0 Å². The van der Waals surface area contributed by atoms with E-state index in [0.717, 1.165) is 45.7 Å². The third kappa shape index (κ3) is 3.46. The molecule has 0 bridgehead atoms. The second-order valence-corrected chi connectivity index (χ2v) is 6.90.